The number of thiazole rings is 1. The lowest BCUT2D eigenvalue weighted by molar-refractivity contribution is 0.791. The number of halogens is 1. The molecule has 0 N–H and O–H groups in total. The molecule has 5 nitrogen and oxygen atoms in total. The lowest BCUT2D eigenvalue weighted by Crippen LogP contribution is -1.98. The van der Waals surface area contributed by atoms with Crippen molar-refractivity contribution in [3.05, 3.63) is 57.8 Å². The van der Waals surface area contributed by atoms with Crippen LogP contribution in [0.1, 0.15) is 17.0 Å². The lowest BCUT2D eigenvalue weighted by Gasteiger charge is -1.98. The highest BCUT2D eigenvalue weighted by Crippen LogP contribution is 2.18. The Hall–Kier alpha value is -2.49. The van der Waals surface area contributed by atoms with Crippen molar-refractivity contribution in [3.63, 3.8) is 0 Å². The SMILES string of the molecule is N#Cc1nnn(-c2nccs2)c1/C=C/c1ccc(Cl)cc1. The van der Waals surface area contributed by atoms with Gasteiger partial charge in [0.2, 0.25) is 5.13 Å². The summed E-state index contributed by atoms with van der Waals surface area (Å²) >= 11 is 7.28. The highest BCUT2D eigenvalue weighted by atomic mass is 35.5. The van der Waals surface area contributed by atoms with Gasteiger partial charge in [-0.3, -0.25) is 0 Å². The summed E-state index contributed by atoms with van der Waals surface area (Å²) in [7, 11) is 0. The first-order chi connectivity index (χ1) is 10.3. The van der Waals surface area contributed by atoms with E-state index in [0.717, 1.165) is 5.56 Å². The van der Waals surface area contributed by atoms with Gasteiger partial charge in [-0.1, -0.05) is 35.0 Å². The fraction of sp³-hybridized carbons (Fsp3) is 0. The Kier molecular flexibility index (Phi) is 3.77. The first-order valence-electron chi connectivity index (χ1n) is 5.97. The molecule has 2 heterocycles. The molecule has 0 saturated carbocycles. The zero-order chi connectivity index (χ0) is 14.7. The van der Waals surface area contributed by atoms with Gasteiger partial charge in [0.1, 0.15) is 11.8 Å². The molecule has 0 atom stereocenters. The molecule has 0 aliphatic heterocycles. The van der Waals surface area contributed by atoms with E-state index in [1.165, 1.54) is 11.3 Å². The molecule has 21 heavy (non-hydrogen) atoms. The fourth-order valence-corrected chi connectivity index (χ4v) is 2.46. The van der Waals surface area contributed by atoms with E-state index in [1.807, 2.05) is 41.8 Å². The zero-order valence-electron chi connectivity index (χ0n) is 10.6. The molecule has 0 aliphatic rings. The Morgan fingerprint density at radius 3 is 2.71 bits per heavy atom. The van der Waals surface area contributed by atoms with Crippen LogP contribution in [-0.2, 0) is 0 Å². The minimum atomic E-state index is 0.260. The van der Waals surface area contributed by atoms with Crippen molar-refractivity contribution in [1.82, 2.24) is 20.0 Å². The monoisotopic (exact) mass is 313 g/mol. The van der Waals surface area contributed by atoms with Crippen LogP contribution < -0.4 is 0 Å². The standard InChI is InChI=1S/C14H8ClN5S/c15-11-4-1-10(2-5-11)3-6-13-12(9-16)18-19-20(13)14-17-7-8-21-14/h1-8H/b6-3+. The topological polar surface area (TPSA) is 67.4 Å². The smallest absolute Gasteiger partial charge is 0.212 e. The molecule has 0 amide bonds. The highest BCUT2D eigenvalue weighted by molar-refractivity contribution is 7.12. The largest absolute Gasteiger partial charge is 0.227 e. The van der Waals surface area contributed by atoms with Gasteiger partial charge >= 0.3 is 0 Å². The van der Waals surface area contributed by atoms with E-state index < -0.39 is 0 Å². The minimum Gasteiger partial charge on any atom is -0.227 e. The Bertz CT molecular complexity index is 812. The molecule has 0 fully saturated rings. The van der Waals surface area contributed by atoms with Gasteiger partial charge < -0.3 is 0 Å². The number of nitrogens with zero attached hydrogens (tertiary/aromatic N) is 5. The number of nitriles is 1. The van der Waals surface area contributed by atoms with E-state index in [2.05, 4.69) is 15.3 Å². The summed E-state index contributed by atoms with van der Waals surface area (Å²) in [6.45, 7) is 0. The average Bonchev–Trinajstić information content (AvgIpc) is 3.15. The van der Waals surface area contributed by atoms with Gasteiger partial charge in [-0.2, -0.15) is 9.94 Å². The number of benzene rings is 1. The molecule has 0 unspecified atom stereocenters. The van der Waals surface area contributed by atoms with Crippen LogP contribution in [0.2, 0.25) is 5.02 Å². The Morgan fingerprint density at radius 1 is 1.24 bits per heavy atom. The van der Waals surface area contributed by atoms with Crippen LogP contribution in [0.25, 0.3) is 17.3 Å². The molecule has 0 bridgehead atoms. The van der Waals surface area contributed by atoms with Crippen molar-refractivity contribution in [3.8, 4) is 11.2 Å². The average molecular weight is 314 g/mol. The Balaban J connectivity index is 2.00. The Morgan fingerprint density at radius 2 is 2.05 bits per heavy atom. The van der Waals surface area contributed by atoms with Crippen molar-refractivity contribution in [2.75, 3.05) is 0 Å². The highest BCUT2D eigenvalue weighted by Gasteiger charge is 2.12. The molecule has 102 valence electrons. The molecule has 2 aromatic heterocycles. The van der Waals surface area contributed by atoms with Crippen LogP contribution >= 0.6 is 22.9 Å². The first kappa shape index (κ1) is 13.5. The normalized spacial score (nSPS) is 10.9. The summed E-state index contributed by atoms with van der Waals surface area (Å²) in [5.41, 5.74) is 1.83. The van der Waals surface area contributed by atoms with E-state index in [4.69, 9.17) is 16.9 Å². The fourth-order valence-electron chi connectivity index (χ4n) is 1.73. The molecule has 7 heteroatoms. The quantitative estimate of drug-likeness (QED) is 0.743. The maximum atomic E-state index is 9.13. The zero-order valence-corrected chi connectivity index (χ0v) is 12.2. The van der Waals surface area contributed by atoms with Gasteiger partial charge in [0, 0.05) is 16.6 Å². The number of hydrogen-bond acceptors (Lipinski definition) is 5. The summed E-state index contributed by atoms with van der Waals surface area (Å²) in [4.78, 5) is 4.18. The third kappa shape index (κ3) is 2.84. The molecule has 0 spiro atoms. The number of hydrogen-bond donors (Lipinski definition) is 0. The second-order valence-electron chi connectivity index (χ2n) is 4.05. The summed E-state index contributed by atoms with van der Waals surface area (Å²) in [6, 6.07) is 9.43. The third-order valence-corrected chi connectivity index (χ3v) is 3.71. The van der Waals surface area contributed by atoms with Crippen LogP contribution in [0.3, 0.4) is 0 Å². The van der Waals surface area contributed by atoms with Gasteiger partial charge in [0.15, 0.2) is 5.69 Å². The summed E-state index contributed by atoms with van der Waals surface area (Å²) in [5.74, 6) is 0. The van der Waals surface area contributed by atoms with Crippen LogP contribution in [-0.4, -0.2) is 20.0 Å². The molecular formula is C14H8ClN5S. The van der Waals surface area contributed by atoms with Gasteiger partial charge in [0.05, 0.1) is 0 Å². The summed E-state index contributed by atoms with van der Waals surface area (Å²) in [5, 5.41) is 20.2. The van der Waals surface area contributed by atoms with Crippen LogP contribution in [0, 0.1) is 11.3 Å². The maximum absolute atomic E-state index is 9.13. The van der Waals surface area contributed by atoms with E-state index in [-0.39, 0.29) is 5.69 Å². The van der Waals surface area contributed by atoms with E-state index in [1.54, 1.807) is 17.0 Å². The summed E-state index contributed by atoms with van der Waals surface area (Å²) in [6.07, 6.45) is 5.35. The predicted octanol–water partition coefficient (Wildman–Crippen LogP) is 3.42. The van der Waals surface area contributed by atoms with Crippen LogP contribution in [0.5, 0.6) is 0 Å². The van der Waals surface area contributed by atoms with Crippen molar-refractivity contribution in [2.24, 2.45) is 0 Å². The third-order valence-electron chi connectivity index (χ3n) is 2.72. The van der Waals surface area contributed by atoms with Gasteiger partial charge in [0.25, 0.3) is 0 Å². The van der Waals surface area contributed by atoms with Crippen LogP contribution in [0.15, 0.2) is 35.8 Å². The second-order valence-corrected chi connectivity index (χ2v) is 5.36. The first-order valence-corrected chi connectivity index (χ1v) is 7.23. The van der Waals surface area contributed by atoms with Gasteiger partial charge in [-0.05, 0) is 23.8 Å². The number of aromatic nitrogens is 4. The van der Waals surface area contributed by atoms with Gasteiger partial charge in [-0.15, -0.1) is 16.4 Å². The second kappa shape index (κ2) is 5.87. The Labute approximate surface area is 129 Å². The van der Waals surface area contributed by atoms with Crippen LogP contribution in [0.4, 0.5) is 0 Å². The summed E-state index contributed by atoms with van der Waals surface area (Å²) < 4.78 is 1.55. The van der Waals surface area contributed by atoms with E-state index in [9.17, 15) is 0 Å². The van der Waals surface area contributed by atoms with E-state index in [0.29, 0.717) is 15.8 Å². The van der Waals surface area contributed by atoms with Crippen molar-refractivity contribution in [2.45, 2.75) is 0 Å². The molecule has 0 aliphatic carbocycles. The molecule has 0 radical (unpaired) electrons. The maximum Gasteiger partial charge on any atom is 0.212 e. The minimum absolute atomic E-state index is 0.260. The lowest BCUT2D eigenvalue weighted by atomic mass is 10.2. The van der Waals surface area contributed by atoms with Crippen molar-refractivity contribution in [1.29, 1.82) is 5.26 Å². The van der Waals surface area contributed by atoms with Crippen molar-refractivity contribution >= 4 is 35.1 Å². The van der Waals surface area contributed by atoms with Crippen molar-refractivity contribution < 1.29 is 0 Å². The molecule has 0 saturated heterocycles. The predicted molar refractivity (Wildman–Crippen MR) is 82.1 cm³/mol. The molecular weight excluding hydrogens is 306 g/mol. The van der Waals surface area contributed by atoms with Gasteiger partial charge in [-0.25, -0.2) is 4.98 Å². The molecule has 3 aromatic rings. The molecule has 1 aromatic carbocycles. The van der Waals surface area contributed by atoms with E-state index >= 15 is 0 Å². The molecule has 3 rings (SSSR count). The number of rotatable bonds is 3.